The van der Waals surface area contributed by atoms with Crippen LogP contribution in [0.25, 0.3) is 0 Å². The van der Waals surface area contributed by atoms with Crippen LogP contribution in [0.3, 0.4) is 0 Å². The van der Waals surface area contributed by atoms with Gasteiger partial charge in [-0.15, -0.1) is 0 Å². The first-order chi connectivity index (χ1) is 7.74. The van der Waals surface area contributed by atoms with Crippen molar-refractivity contribution in [1.29, 1.82) is 0 Å². The molecule has 0 aliphatic carbocycles. The maximum atomic E-state index is 2.78. The molecule has 10 rings (SSSR count). The Hall–Kier alpha value is 0.736. The number of hydrogen-bond acceptors (Lipinski definition) is 0. The molecule has 2 heteroatoms. The molecule has 17 heavy (non-hydrogen) atoms. The topological polar surface area (TPSA) is 0 Å². The third kappa shape index (κ3) is 0.0695. The van der Waals surface area contributed by atoms with E-state index in [0.29, 0.717) is 0 Å². The summed E-state index contributed by atoms with van der Waals surface area (Å²) in [6.07, 6.45) is 0. The fourth-order valence-corrected chi connectivity index (χ4v) is 100. The molecular formula is C15H22FeSi. The second-order valence-corrected chi connectivity index (χ2v) is 38.2. The summed E-state index contributed by atoms with van der Waals surface area (Å²) in [5, 5.41) is 0.877. The van der Waals surface area contributed by atoms with Gasteiger partial charge in [-0.2, -0.15) is 0 Å². The van der Waals surface area contributed by atoms with E-state index in [9.17, 15) is 0 Å². The molecule has 0 aromatic heterocycles. The molecule has 10 aliphatic heterocycles. The van der Waals surface area contributed by atoms with Crippen LogP contribution in [0.4, 0.5) is 0 Å². The van der Waals surface area contributed by atoms with E-state index in [1.165, 1.54) is 57.9 Å². The Kier molecular flexibility index (Phi) is 0.220. The van der Waals surface area contributed by atoms with Gasteiger partial charge >= 0.3 is 96.1 Å². The van der Waals surface area contributed by atoms with Gasteiger partial charge in [0.25, 0.3) is 0 Å². The van der Waals surface area contributed by atoms with E-state index in [-0.39, 0.29) is 0 Å². The molecule has 0 bridgehead atoms. The van der Waals surface area contributed by atoms with Crippen molar-refractivity contribution in [3.63, 3.8) is 0 Å². The molecule has 10 fully saturated rings. The average molecular weight is 286 g/mol. The first-order valence-corrected chi connectivity index (χ1v) is 15.2. The van der Waals surface area contributed by atoms with E-state index < -0.39 is 6.51 Å². The van der Waals surface area contributed by atoms with E-state index in [2.05, 4.69) is 20.8 Å². The van der Waals surface area contributed by atoms with Gasteiger partial charge in [-0.25, -0.2) is 0 Å². The molecule has 1 spiro atoms. The molecule has 0 radical (unpaired) electrons. The first-order valence-electron chi connectivity index (χ1n) is 7.95. The van der Waals surface area contributed by atoms with Gasteiger partial charge in [0.2, 0.25) is 0 Å². The van der Waals surface area contributed by atoms with Gasteiger partial charge < -0.3 is 0 Å². The molecule has 10 heterocycles. The predicted octanol–water partition coefficient (Wildman–Crippen LogP) is 3.95. The van der Waals surface area contributed by atoms with Crippen molar-refractivity contribution in [3.8, 4) is 0 Å². The van der Waals surface area contributed by atoms with Crippen molar-refractivity contribution < 1.29 is 6.51 Å². The Bertz CT molecular complexity index is 890. The van der Waals surface area contributed by atoms with Gasteiger partial charge in [0, 0.05) is 0 Å². The van der Waals surface area contributed by atoms with Crippen molar-refractivity contribution in [2.75, 3.05) is 0 Å². The Morgan fingerprint density at radius 3 is 1.53 bits per heavy atom. The molecule has 0 N–H and O–H groups in total. The monoisotopic (exact) mass is 286 g/mol. The summed E-state index contributed by atoms with van der Waals surface area (Å²) in [5.74, 6) is 1.01. The molecule has 10 aliphatic rings. The molecule has 94 valence electrons. The third-order valence-corrected chi connectivity index (χ3v) is 62.3. The molecular weight excluding hydrogens is 264 g/mol. The van der Waals surface area contributed by atoms with E-state index >= 15 is 0 Å². The minimum atomic E-state index is -2.75. The molecule has 5 atom stereocenters. The van der Waals surface area contributed by atoms with Crippen LogP contribution in [-0.2, 0) is 6.51 Å². The van der Waals surface area contributed by atoms with Crippen LogP contribution in [0.1, 0.15) is 20.8 Å². The van der Waals surface area contributed by atoms with Gasteiger partial charge in [0.1, 0.15) is 0 Å². The Morgan fingerprint density at radius 2 is 1.35 bits per heavy atom. The molecule has 10 saturated heterocycles. The molecule has 5 unspecified atom stereocenters. The Morgan fingerprint density at radius 1 is 0.941 bits per heavy atom. The normalized spacial score (nSPS) is 124. The Balaban J connectivity index is 1.64. The zero-order chi connectivity index (χ0) is 11.1. The zero-order valence-electron chi connectivity index (χ0n) is 11.1. The third-order valence-electron chi connectivity index (χ3n) is 17.1. The summed E-state index contributed by atoms with van der Waals surface area (Å²) >= 11 is 0. The average Bonchev–Trinajstić information content (AvgIpc) is 3.22. The van der Waals surface area contributed by atoms with E-state index in [1.54, 1.807) is 0 Å². The van der Waals surface area contributed by atoms with Crippen LogP contribution in [0.5, 0.6) is 0 Å². The van der Waals surface area contributed by atoms with E-state index in [4.69, 9.17) is 0 Å². The summed E-state index contributed by atoms with van der Waals surface area (Å²) in [6.45, 7) is 5.20. The van der Waals surface area contributed by atoms with Crippen LogP contribution in [0, 0.1) is 5.92 Å². The molecule has 0 aromatic carbocycles. The van der Waals surface area contributed by atoms with Crippen LogP contribution in [0.2, 0.25) is 52.7 Å². The fraction of sp³-hybridized carbons (Fsp3) is 1.00. The van der Waals surface area contributed by atoms with Crippen LogP contribution in [0.15, 0.2) is 0 Å². The number of hydrogen-bond donors (Lipinski definition) is 0. The summed E-state index contributed by atoms with van der Waals surface area (Å²) in [7, 11) is 1.51. The molecule has 0 amide bonds. The van der Waals surface area contributed by atoms with Gasteiger partial charge in [0.05, 0.1) is 0 Å². The molecule has 0 saturated carbocycles. The van der Waals surface area contributed by atoms with Crippen molar-refractivity contribution >= 4 is 10.2 Å². The van der Waals surface area contributed by atoms with Gasteiger partial charge in [-0.05, 0) is 0 Å². The second kappa shape index (κ2) is 0.538. The summed E-state index contributed by atoms with van der Waals surface area (Å²) in [6, 6.07) is 0. The summed E-state index contributed by atoms with van der Waals surface area (Å²) in [5.41, 5.74) is 0. The standard InChI is InChI=1S/C10H17Si.C5H5.Fe/c1-8(2)10(3,11)9-6-4-5-7-9;1-2-4-5-3-1;/h4-8H,1-3,11H3;1-5H;. The van der Waals surface area contributed by atoms with Crippen molar-refractivity contribution in [2.24, 2.45) is 5.92 Å². The predicted molar refractivity (Wildman–Crippen MR) is 69.6 cm³/mol. The molecule has 0 nitrogen and oxygen atoms in total. The zero-order valence-corrected chi connectivity index (χ0v) is 14.2. The number of fused-ring (bicyclic) bond motifs is 10. The van der Waals surface area contributed by atoms with Gasteiger partial charge in [0.15, 0.2) is 0 Å². The summed E-state index contributed by atoms with van der Waals surface area (Å²) in [4.78, 5) is 13.8. The Labute approximate surface area is 96.0 Å². The first kappa shape index (κ1) is 6.95. The van der Waals surface area contributed by atoms with Crippen molar-refractivity contribution in [3.05, 3.63) is 0 Å². The SMILES string of the molecule is CC(C)C(C)([SiH3])[C]12[CH]3[CH]4[CH]5[CH]1[Fe]45321678[CH]2[CH]1[CH]6[CH]7[CH]28. The number of rotatable bonds is 2. The van der Waals surface area contributed by atoms with Crippen LogP contribution < -0.4 is 0 Å². The second-order valence-electron chi connectivity index (χ2n) is 12.6. The van der Waals surface area contributed by atoms with Crippen molar-refractivity contribution in [1.82, 2.24) is 0 Å². The fourth-order valence-electron chi connectivity index (χ4n) is 18.5. The van der Waals surface area contributed by atoms with Gasteiger partial charge in [-0.1, -0.05) is 0 Å². The van der Waals surface area contributed by atoms with E-state index in [0.717, 1.165) is 11.0 Å². The van der Waals surface area contributed by atoms with Crippen LogP contribution in [-0.4, -0.2) is 10.2 Å². The minimum absolute atomic E-state index is 0.877. The summed E-state index contributed by atoms with van der Waals surface area (Å²) < 4.78 is 1.17. The van der Waals surface area contributed by atoms with Gasteiger partial charge in [-0.3, -0.25) is 0 Å². The van der Waals surface area contributed by atoms with Crippen LogP contribution >= 0.6 is 0 Å². The quantitative estimate of drug-likeness (QED) is 0.674. The maximum absolute atomic E-state index is 2.78. The van der Waals surface area contributed by atoms with E-state index in [1.807, 2.05) is 0 Å². The molecule has 0 aromatic rings. The van der Waals surface area contributed by atoms with Crippen molar-refractivity contribution in [2.45, 2.75) is 73.5 Å².